The zero-order chi connectivity index (χ0) is 11.5. The maximum atomic E-state index is 11.5. The summed E-state index contributed by atoms with van der Waals surface area (Å²) in [6, 6.07) is 0. The molecule has 2 rings (SSSR count). The molecule has 0 spiro atoms. The first-order chi connectivity index (χ1) is 7.72. The van der Waals surface area contributed by atoms with Crippen molar-refractivity contribution in [1.29, 1.82) is 0 Å². The van der Waals surface area contributed by atoms with E-state index in [0.29, 0.717) is 11.5 Å². The minimum atomic E-state index is -0.369. The van der Waals surface area contributed by atoms with E-state index in [1.165, 1.54) is 0 Å². The molecule has 0 aliphatic carbocycles. The van der Waals surface area contributed by atoms with Gasteiger partial charge in [-0.1, -0.05) is 12.2 Å². The van der Waals surface area contributed by atoms with Gasteiger partial charge in [0.2, 0.25) is 0 Å². The van der Waals surface area contributed by atoms with Crippen LogP contribution in [0.5, 0.6) is 0 Å². The Balaban J connectivity index is 2.34. The second-order valence-electron chi connectivity index (χ2n) is 3.38. The van der Waals surface area contributed by atoms with Crippen molar-refractivity contribution in [2.75, 3.05) is 6.54 Å². The molecule has 1 amide bonds. The molecule has 1 fully saturated rings. The van der Waals surface area contributed by atoms with Crippen molar-refractivity contribution in [3.05, 3.63) is 47.5 Å². The van der Waals surface area contributed by atoms with Crippen molar-refractivity contribution < 1.29 is 14.3 Å². The van der Waals surface area contributed by atoms with E-state index in [4.69, 9.17) is 4.74 Å². The molecular weight excluding hydrogens is 206 g/mol. The van der Waals surface area contributed by atoms with Crippen LogP contribution in [0.4, 0.5) is 0 Å². The number of amides is 1. The summed E-state index contributed by atoms with van der Waals surface area (Å²) >= 11 is 0. The Labute approximate surface area is 93.0 Å². The standard InChI is InChI=1S/C12H11NO3/c1-2-4-8-5-3-6-10(16-8)11-9(14)7-13-12(11)15/h2-6H,7H2,1H3,(H,13,15)/b4-2?,11-10+. The first-order valence-electron chi connectivity index (χ1n) is 4.97. The molecule has 2 aliphatic rings. The molecule has 2 heterocycles. The maximum Gasteiger partial charge on any atom is 0.259 e. The average Bonchev–Trinajstić information content (AvgIpc) is 2.59. The van der Waals surface area contributed by atoms with Gasteiger partial charge < -0.3 is 10.1 Å². The molecule has 0 bridgehead atoms. The highest BCUT2D eigenvalue weighted by molar-refractivity contribution is 6.25. The fourth-order valence-corrected chi connectivity index (χ4v) is 1.53. The largest absolute Gasteiger partial charge is 0.456 e. The lowest BCUT2D eigenvalue weighted by atomic mass is 10.1. The SMILES string of the molecule is CC=CC1=CC=C/C(=C2/C(=O)CNC2=O)O1. The fraction of sp³-hybridized carbons (Fsp3) is 0.167. The van der Waals surface area contributed by atoms with E-state index in [9.17, 15) is 9.59 Å². The molecule has 0 unspecified atom stereocenters. The second kappa shape index (κ2) is 4.18. The Morgan fingerprint density at radius 2 is 2.25 bits per heavy atom. The monoisotopic (exact) mass is 217 g/mol. The Morgan fingerprint density at radius 1 is 1.44 bits per heavy atom. The van der Waals surface area contributed by atoms with Crippen molar-refractivity contribution in [1.82, 2.24) is 5.32 Å². The summed E-state index contributed by atoms with van der Waals surface area (Å²) in [4.78, 5) is 22.9. The van der Waals surface area contributed by atoms with E-state index in [1.807, 2.05) is 13.0 Å². The van der Waals surface area contributed by atoms with Gasteiger partial charge in [0.1, 0.15) is 17.1 Å². The summed E-state index contributed by atoms with van der Waals surface area (Å²) in [5.41, 5.74) is 0.103. The van der Waals surface area contributed by atoms with Crippen LogP contribution in [0.25, 0.3) is 0 Å². The zero-order valence-electron chi connectivity index (χ0n) is 8.82. The average molecular weight is 217 g/mol. The van der Waals surface area contributed by atoms with Crippen LogP contribution in [-0.2, 0) is 14.3 Å². The lowest BCUT2D eigenvalue weighted by molar-refractivity contribution is -0.117. The van der Waals surface area contributed by atoms with Crippen LogP contribution in [-0.4, -0.2) is 18.2 Å². The van der Waals surface area contributed by atoms with Crippen molar-refractivity contribution in [3.63, 3.8) is 0 Å². The normalized spacial score (nSPS) is 24.7. The third-order valence-electron chi connectivity index (χ3n) is 2.23. The highest BCUT2D eigenvalue weighted by atomic mass is 16.5. The Kier molecular flexibility index (Phi) is 2.72. The van der Waals surface area contributed by atoms with Gasteiger partial charge in [-0.25, -0.2) is 0 Å². The number of hydrogen-bond donors (Lipinski definition) is 1. The summed E-state index contributed by atoms with van der Waals surface area (Å²) in [5, 5.41) is 2.47. The summed E-state index contributed by atoms with van der Waals surface area (Å²) < 4.78 is 5.44. The second-order valence-corrected chi connectivity index (χ2v) is 3.38. The minimum Gasteiger partial charge on any atom is -0.456 e. The third kappa shape index (κ3) is 1.82. The van der Waals surface area contributed by atoms with E-state index in [-0.39, 0.29) is 23.8 Å². The van der Waals surface area contributed by atoms with Crippen LogP contribution in [0.1, 0.15) is 6.92 Å². The smallest absolute Gasteiger partial charge is 0.259 e. The van der Waals surface area contributed by atoms with Crippen LogP contribution < -0.4 is 5.32 Å². The van der Waals surface area contributed by atoms with Gasteiger partial charge in [0.15, 0.2) is 5.78 Å². The molecule has 2 aliphatic heterocycles. The Hall–Kier alpha value is -2.10. The van der Waals surface area contributed by atoms with Crippen molar-refractivity contribution in [2.45, 2.75) is 6.92 Å². The highest BCUT2D eigenvalue weighted by Gasteiger charge is 2.30. The maximum absolute atomic E-state index is 11.5. The lowest BCUT2D eigenvalue weighted by Crippen LogP contribution is -2.15. The number of hydrogen-bond acceptors (Lipinski definition) is 3. The molecule has 0 radical (unpaired) electrons. The lowest BCUT2D eigenvalue weighted by Gasteiger charge is -2.11. The Morgan fingerprint density at radius 3 is 2.88 bits per heavy atom. The van der Waals surface area contributed by atoms with Gasteiger partial charge in [-0.3, -0.25) is 9.59 Å². The number of nitrogens with one attached hydrogen (secondary N) is 1. The molecule has 0 saturated carbocycles. The molecule has 4 heteroatoms. The van der Waals surface area contributed by atoms with Crippen LogP contribution >= 0.6 is 0 Å². The van der Waals surface area contributed by atoms with Crippen LogP contribution in [0.3, 0.4) is 0 Å². The number of allylic oxidation sites excluding steroid dienone is 5. The van der Waals surface area contributed by atoms with E-state index in [2.05, 4.69) is 5.32 Å². The van der Waals surface area contributed by atoms with Crippen LogP contribution in [0.2, 0.25) is 0 Å². The van der Waals surface area contributed by atoms with Crippen molar-refractivity contribution >= 4 is 11.7 Å². The molecule has 0 atom stereocenters. The third-order valence-corrected chi connectivity index (χ3v) is 2.23. The quantitative estimate of drug-likeness (QED) is 0.526. The van der Waals surface area contributed by atoms with Gasteiger partial charge in [-0.2, -0.15) is 0 Å². The van der Waals surface area contributed by atoms with Crippen LogP contribution in [0, 0.1) is 0 Å². The van der Waals surface area contributed by atoms with Crippen molar-refractivity contribution in [3.8, 4) is 0 Å². The molecule has 16 heavy (non-hydrogen) atoms. The van der Waals surface area contributed by atoms with E-state index >= 15 is 0 Å². The molecule has 0 aromatic rings. The minimum absolute atomic E-state index is 0.0531. The van der Waals surface area contributed by atoms with Gasteiger partial charge in [-0.05, 0) is 25.2 Å². The Bertz CT molecular complexity index is 449. The number of ether oxygens (including phenoxy) is 1. The summed E-state index contributed by atoms with van der Waals surface area (Å²) in [6.45, 7) is 1.92. The number of Topliss-reactive ketones (excluding diaryl/α,β-unsaturated/α-hetero) is 1. The predicted molar refractivity (Wildman–Crippen MR) is 58.2 cm³/mol. The molecule has 0 aromatic heterocycles. The molecule has 0 aromatic carbocycles. The molecule has 82 valence electrons. The number of ketones is 1. The number of carbonyl (C=O) groups is 2. The first-order valence-corrected chi connectivity index (χ1v) is 4.97. The van der Waals surface area contributed by atoms with Gasteiger partial charge in [0.25, 0.3) is 5.91 Å². The fourth-order valence-electron chi connectivity index (χ4n) is 1.53. The van der Waals surface area contributed by atoms with E-state index in [0.717, 1.165) is 0 Å². The predicted octanol–water partition coefficient (Wildman–Crippen LogP) is 0.986. The molecular formula is C12H11NO3. The summed E-state index contributed by atoms with van der Waals surface area (Å²) in [5.74, 6) is 0.327. The highest BCUT2D eigenvalue weighted by Crippen LogP contribution is 2.21. The van der Waals surface area contributed by atoms with Gasteiger partial charge >= 0.3 is 0 Å². The summed E-state index contributed by atoms with van der Waals surface area (Å²) in [7, 11) is 0. The first kappa shape index (κ1) is 10.4. The van der Waals surface area contributed by atoms with Crippen molar-refractivity contribution in [2.24, 2.45) is 0 Å². The molecule has 4 nitrogen and oxygen atoms in total. The van der Waals surface area contributed by atoms with Gasteiger partial charge in [0.05, 0.1) is 6.54 Å². The van der Waals surface area contributed by atoms with Crippen LogP contribution in [0.15, 0.2) is 47.5 Å². The number of rotatable bonds is 1. The summed E-state index contributed by atoms with van der Waals surface area (Å²) in [6.07, 6.45) is 8.72. The van der Waals surface area contributed by atoms with Gasteiger partial charge in [0, 0.05) is 0 Å². The van der Waals surface area contributed by atoms with E-state index in [1.54, 1.807) is 24.3 Å². The topological polar surface area (TPSA) is 55.4 Å². The molecule has 1 saturated heterocycles. The van der Waals surface area contributed by atoms with E-state index < -0.39 is 0 Å². The number of carbonyl (C=O) groups excluding carboxylic acids is 2. The molecule has 1 N–H and O–H groups in total. The zero-order valence-corrected chi connectivity index (χ0v) is 8.82. The van der Waals surface area contributed by atoms with Gasteiger partial charge in [-0.15, -0.1) is 0 Å².